The third-order valence-corrected chi connectivity index (χ3v) is 9.21. The molecule has 0 saturated heterocycles. The number of nitrogen functional groups attached to an aromatic ring is 1. The number of pyridine rings is 1. The maximum Gasteiger partial charge on any atom is 0.309 e. The van der Waals surface area contributed by atoms with E-state index in [0.29, 0.717) is 35.7 Å². The lowest BCUT2D eigenvalue weighted by molar-refractivity contribution is -0.124. The molecule has 41 heavy (non-hydrogen) atoms. The highest BCUT2D eigenvalue weighted by Crippen LogP contribution is 2.58. The first-order valence-corrected chi connectivity index (χ1v) is 13.9. The number of hydrogen-bond donors (Lipinski definition) is 3. The van der Waals surface area contributed by atoms with Crippen LogP contribution in [0, 0.1) is 13.5 Å². The number of fused-ring (bicyclic) bond motifs is 3. The van der Waals surface area contributed by atoms with Crippen LogP contribution in [0.2, 0.25) is 0 Å². The molecule has 1 aromatic carbocycles. The minimum absolute atomic E-state index is 0.116. The fourth-order valence-corrected chi connectivity index (χ4v) is 6.76. The van der Waals surface area contributed by atoms with Gasteiger partial charge in [0.1, 0.15) is 28.7 Å². The molecule has 10 nitrogen and oxygen atoms in total. The first-order valence-electron chi connectivity index (χ1n) is 13.9. The summed E-state index contributed by atoms with van der Waals surface area (Å²) in [5, 5.41) is 6.14. The van der Waals surface area contributed by atoms with Crippen LogP contribution in [0.3, 0.4) is 0 Å². The van der Waals surface area contributed by atoms with E-state index in [1.54, 1.807) is 24.5 Å². The van der Waals surface area contributed by atoms with E-state index in [1.807, 2.05) is 41.8 Å². The number of rotatable bonds is 6. The number of nitrogens with zero attached hydrogens (tertiary/aromatic N) is 5. The van der Waals surface area contributed by atoms with Crippen LogP contribution in [-0.4, -0.2) is 42.2 Å². The summed E-state index contributed by atoms with van der Waals surface area (Å²) in [7, 11) is 0. The van der Waals surface area contributed by atoms with E-state index in [2.05, 4.69) is 25.4 Å². The van der Waals surface area contributed by atoms with E-state index < -0.39 is 5.54 Å². The Morgan fingerprint density at radius 3 is 2.46 bits per heavy atom. The van der Waals surface area contributed by atoms with Crippen LogP contribution in [0.4, 0.5) is 11.6 Å². The van der Waals surface area contributed by atoms with Crippen molar-refractivity contribution >= 4 is 29.0 Å². The molecule has 3 aliphatic carbocycles. The number of hydrogen-bond acceptors (Lipinski definition) is 6. The smallest absolute Gasteiger partial charge is 0.309 e. The number of aryl methyl sites for hydroxylation is 1. The van der Waals surface area contributed by atoms with Crippen LogP contribution >= 0.6 is 0 Å². The van der Waals surface area contributed by atoms with Crippen molar-refractivity contribution in [3.05, 3.63) is 83.4 Å². The second-order valence-corrected chi connectivity index (χ2v) is 11.9. The van der Waals surface area contributed by atoms with E-state index >= 15 is 0 Å². The Kier molecular flexibility index (Phi) is 5.45. The molecular weight excluding hydrogens is 516 g/mol. The van der Waals surface area contributed by atoms with Gasteiger partial charge >= 0.3 is 11.4 Å². The van der Waals surface area contributed by atoms with Crippen LogP contribution in [0.25, 0.3) is 21.6 Å². The predicted molar refractivity (Wildman–Crippen MR) is 154 cm³/mol. The van der Waals surface area contributed by atoms with E-state index in [1.165, 1.54) is 0 Å². The zero-order valence-electron chi connectivity index (χ0n) is 22.8. The summed E-state index contributed by atoms with van der Waals surface area (Å²) in [5.74, 6) is 1.45. The van der Waals surface area contributed by atoms with Gasteiger partial charge in [-0.25, -0.2) is 21.5 Å². The molecule has 3 fully saturated rings. The average Bonchev–Trinajstić information content (AvgIpc) is 3.37. The second kappa shape index (κ2) is 8.86. The second-order valence-electron chi connectivity index (χ2n) is 11.9. The van der Waals surface area contributed by atoms with Gasteiger partial charge in [-0.1, -0.05) is 12.1 Å². The number of carbonyl (C=O) groups excluding carboxylic acids is 2. The van der Waals surface area contributed by atoms with Crippen LogP contribution in [-0.2, 0) is 10.2 Å². The zero-order valence-corrected chi connectivity index (χ0v) is 22.8. The Balaban J connectivity index is 1.19. The fraction of sp³-hybridized carbons (Fsp3) is 0.355. The van der Waals surface area contributed by atoms with Crippen molar-refractivity contribution in [2.24, 2.45) is 0 Å². The molecule has 0 radical (unpaired) electrons. The molecule has 7 rings (SSSR count). The lowest BCUT2D eigenvalue weighted by Crippen LogP contribution is -2.49. The summed E-state index contributed by atoms with van der Waals surface area (Å²) in [4.78, 5) is 43.2. The summed E-state index contributed by atoms with van der Waals surface area (Å²) in [6, 6.07) is 11.0. The van der Waals surface area contributed by atoms with Gasteiger partial charge in [0, 0.05) is 53.5 Å². The number of anilines is 2. The molecule has 3 aromatic heterocycles. The largest absolute Gasteiger partial charge is 0.382 e. The minimum atomic E-state index is -0.852. The lowest BCUT2D eigenvalue weighted by Gasteiger charge is -2.28. The van der Waals surface area contributed by atoms with Crippen molar-refractivity contribution in [1.29, 1.82) is 0 Å². The van der Waals surface area contributed by atoms with Gasteiger partial charge in [-0.15, -0.1) is 0 Å². The highest BCUT2D eigenvalue weighted by molar-refractivity contribution is 6.04. The average molecular weight is 547 g/mol. The standard InChI is InChI=1S/C31H30N8O2/c1-19-7-14-34-22(17-19)36-26(40)21-5-3-20(4-6-21)23-24-25(32)35-15-16-39(24)27(37-23)29-8-10-30(18-29,11-9-29)38-28(41)31(33-2)12-13-31/h3-7,14-17H,8-13,18H2,1H3,(H2,32,35)(H,38,41)(H,34,36,40). The molecule has 0 spiro atoms. The van der Waals surface area contributed by atoms with Gasteiger partial charge in [0.2, 0.25) is 0 Å². The van der Waals surface area contributed by atoms with Gasteiger partial charge < -0.3 is 16.4 Å². The molecule has 10 heteroatoms. The molecule has 0 unspecified atom stereocenters. The third kappa shape index (κ3) is 4.03. The molecule has 0 aliphatic heterocycles. The number of amides is 2. The molecule has 3 aliphatic rings. The highest BCUT2D eigenvalue weighted by atomic mass is 16.2. The topological polar surface area (TPSA) is 132 Å². The molecule has 206 valence electrons. The molecule has 2 amide bonds. The summed E-state index contributed by atoms with van der Waals surface area (Å²) >= 11 is 0. The fourth-order valence-electron chi connectivity index (χ4n) is 6.76. The van der Waals surface area contributed by atoms with Crippen molar-refractivity contribution in [3.63, 3.8) is 0 Å². The maximum absolute atomic E-state index is 13.0. The van der Waals surface area contributed by atoms with E-state index in [0.717, 1.165) is 54.6 Å². The Bertz CT molecular complexity index is 1760. The van der Waals surface area contributed by atoms with Crippen molar-refractivity contribution in [1.82, 2.24) is 24.7 Å². The Hall–Kier alpha value is -4.78. The summed E-state index contributed by atoms with van der Waals surface area (Å²) in [5.41, 5.74) is 8.84. The Morgan fingerprint density at radius 2 is 1.78 bits per heavy atom. The number of nitrogens with two attached hydrogens (primary N) is 1. The molecule has 3 saturated carbocycles. The normalized spacial score (nSPS) is 23.7. The lowest BCUT2D eigenvalue weighted by atomic mass is 9.83. The Morgan fingerprint density at radius 1 is 1.02 bits per heavy atom. The molecule has 0 atom stereocenters. The van der Waals surface area contributed by atoms with E-state index in [4.69, 9.17) is 17.3 Å². The van der Waals surface area contributed by atoms with Gasteiger partial charge in [-0.2, -0.15) is 0 Å². The first kappa shape index (κ1) is 25.2. The van der Waals surface area contributed by atoms with Crippen molar-refractivity contribution in [3.8, 4) is 11.3 Å². The van der Waals surface area contributed by atoms with Crippen LogP contribution < -0.4 is 16.4 Å². The third-order valence-electron chi connectivity index (χ3n) is 9.21. The number of aromatic nitrogens is 4. The summed E-state index contributed by atoms with van der Waals surface area (Å²) in [6.45, 7) is 9.42. The number of carbonyl (C=O) groups is 2. The number of benzene rings is 1. The number of nitrogens with one attached hydrogen (secondary N) is 2. The van der Waals surface area contributed by atoms with Crippen LogP contribution in [0.15, 0.2) is 55.0 Å². The molecule has 2 bridgehead atoms. The summed E-state index contributed by atoms with van der Waals surface area (Å²) in [6.07, 6.45) is 10.8. The summed E-state index contributed by atoms with van der Waals surface area (Å²) < 4.78 is 2.05. The SMILES string of the molecule is [C-]#[N+]C1(C(=O)NC23CCC(c4nc(-c5ccc(C(=O)Nc6cc(C)ccn6)cc5)c5c(N)nccn45)(CC2)C3)CC1. The minimum Gasteiger partial charge on any atom is -0.382 e. The van der Waals surface area contributed by atoms with E-state index in [9.17, 15) is 9.59 Å². The molecular formula is C31H30N8O2. The van der Waals surface area contributed by atoms with Crippen molar-refractivity contribution in [2.45, 2.75) is 68.4 Å². The Labute approximate surface area is 237 Å². The van der Waals surface area contributed by atoms with Gasteiger partial charge in [-0.3, -0.25) is 18.8 Å². The predicted octanol–water partition coefficient (Wildman–Crippen LogP) is 4.46. The van der Waals surface area contributed by atoms with Crippen LogP contribution in [0.1, 0.15) is 66.7 Å². The quantitative estimate of drug-likeness (QED) is 0.306. The highest BCUT2D eigenvalue weighted by Gasteiger charge is 2.63. The van der Waals surface area contributed by atoms with Crippen LogP contribution in [0.5, 0.6) is 0 Å². The molecule has 4 N–H and O–H groups in total. The van der Waals surface area contributed by atoms with E-state index in [-0.39, 0.29) is 22.8 Å². The van der Waals surface area contributed by atoms with Gasteiger partial charge in [-0.05, 0) is 68.9 Å². The first-order chi connectivity index (χ1) is 19.8. The molecule has 3 heterocycles. The van der Waals surface area contributed by atoms with Gasteiger partial charge in [0.15, 0.2) is 0 Å². The van der Waals surface area contributed by atoms with Gasteiger partial charge in [0.05, 0.1) is 0 Å². The van der Waals surface area contributed by atoms with Crippen molar-refractivity contribution in [2.75, 3.05) is 11.1 Å². The monoisotopic (exact) mass is 546 g/mol. The molecule has 4 aromatic rings. The maximum atomic E-state index is 13.0. The zero-order chi connectivity index (χ0) is 28.4. The number of imidazole rings is 1. The van der Waals surface area contributed by atoms with Crippen molar-refractivity contribution < 1.29 is 9.59 Å². The van der Waals surface area contributed by atoms with Gasteiger partial charge in [0.25, 0.3) is 5.91 Å².